The smallest absolute Gasteiger partial charge is 0.0125 e. The molecule has 74 valence electrons. The second-order valence-corrected chi connectivity index (χ2v) is 15.0. The molecule has 12 heavy (non-hydrogen) atoms. The van der Waals surface area contributed by atoms with Crippen molar-refractivity contribution in [1.82, 2.24) is 10.2 Å². The maximum Gasteiger partial charge on any atom is 0.0125 e. The van der Waals surface area contributed by atoms with Crippen molar-refractivity contribution in [1.29, 1.82) is 0 Å². The Labute approximate surface area is 86.0 Å². The van der Waals surface area contributed by atoms with Gasteiger partial charge < -0.3 is 0 Å². The molecule has 0 aliphatic rings. The first kappa shape index (κ1) is 13.2. The molecule has 2 N–H and O–H groups in total. The molecule has 0 aromatic rings. The Bertz CT molecular complexity index is 194. The van der Waals surface area contributed by atoms with Gasteiger partial charge in [-0.1, -0.05) is 23.6 Å². The van der Waals surface area contributed by atoms with Crippen LogP contribution in [0.1, 0.15) is 0 Å². The molecule has 0 radical (unpaired) electrons. The molecule has 0 amide bonds. The standard InChI is InChI=1S/C6H18N2P2S2/c1-9(2,11)7-5-6-8-10(3,4)12/h5-6H2,1-4H3,(H,7,11)(H,8,12). The highest BCUT2D eigenvalue weighted by Crippen LogP contribution is 2.31. The lowest BCUT2D eigenvalue weighted by molar-refractivity contribution is 0.856. The summed E-state index contributed by atoms with van der Waals surface area (Å²) in [5.74, 6) is 0. The zero-order valence-corrected chi connectivity index (χ0v) is 11.5. The average Bonchev–Trinajstić information content (AvgIpc) is 1.76. The van der Waals surface area contributed by atoms with Gasteiger partial charge in [-0.2, -0.15) is 0 Å². The molecule has 0 fully saturated rings. The summed E-state index contributed by atoms with van der Waals surface area (Å²) in [5, 5.41) is 6.66. The molecule has 6 heteroatoms. The zero-order chi connectivity index (χ0) is 9.83. The SMILES string of the molecule is CP(C)(=S)NCCNP(C)(C)=S. The van der Waals surface area contributed by atoms with E-state index in [1.54, 1.807) is 0 Å². The first-order chi connectivity index (χ1) is 5.21. The Morgan fingerprint density at radius 1 is 0.833 bits per heavy atom. The van der Waals surface area contributed by atoms with Crippen LogP contribution in [0.25, 0.3) is 0 Å². The maximum absolute atomic E-state index is 5.25. The molecule has 0 aromatic heterocycles. The first-order valence-corrected chi connectivity index (χ1v) is 11.2. The van der Waals surface area contributed by atoms with Crippen LogP contribution in [0.5, 0.6) is 0 Å². The van der Waals surface area contributed by atoms with Gasteiger partial charge in [0.15, 0.2) is 0 Å². The topological polar surface area (TPSA) is 24.1 Å². The predicted molar refractivity (Wildman–Crippen MR) is 68.3 cm³/mol. The number of rotatable bonds is 5. The Hall–Kier alpha value is 1.22. The summed E-state index contributed by atoms with van der Waals surface area (Å²) in [5.41, 5.74) is 0. The van der Waals surface area contributed by atoms with Crippen LogP contribution in [-0.4, -0.2) is 39.7 Å². The third kappa shape index (κ3) is 11.2. The van der Waals surface area contributed by atoms with Gasteiger partial charge in [0.05, 0.1) is 0 Å². The van der Waals surface area contributed by atoms with E-state index in [9.17, 15) is 0 Å². The third-order valence-corrected chi connectivity index (χ3v) is 3.86. The Morgan fingerprint density at radius 3 is 1.25 bits per heavy atom. The first-order valence-electron chi connectivity index (χ1n) is 3.81. The molecular weight excluding hydrogens is 226 g/mol. The summed E-state index contributed by atoms with van der Waals surface area (Å²) in [6, 6.07) is 0. The average molecular weight is 244 g/mol. The van der Waals surface area contributed by atoms with E-state index in [0.717, 1.165) is 13.1 Å². The van der Waals surface area contributed by atoms with E-state index in [0.29, 0.717) is 0 Å². The molecule has 2 nitrogen and oxygen atoms in total. The highest BCUT2D eigenvalue weighted by Gasteiger charge is 2.01. The van der Waals surface area contributed by atoms with Crippen molar-refractivity contribution >= 4 is 36.0 Å². The van der Waals surface area contributed by atoms with Crippen LogP contribution in [-0.2, 0) is 23.6 Å². The second-order valence-electron chi connectivity index (χ2n) is 3.52. The highest BCUT2D eigenvalue weighted by atomic mass is 32.4. The van der Waals surface area contributed by atoms with Gasteiger partial charge in [0, 0.05) is 25.5 Å². The number of hydrogen-bond acceptors (Lipinski definition) is 2. The van der Waals surface area contributed by atoms with Crippen molar-refractivity contribution in [2.24, 2.45) is 0 Å². The van der Waals surface area contributed by atoms with Crippen molar-refractivity contribution in [3.63, 3.8) is 0 Å². The van der Waals surface area contributed by atoms with Crippen LogP contribution >= 0.6 is 12.4 Å². The zero-order valence-electron chi connectivity index (χ0n) is 8.13. The lowest BCUT2D eigenvalue weighted by Gasteiger charge is -2.16. The van der Waals surface area contributed by atoms with E-state index in [1.165, 1.54) is 0 Å². The highest BCUT2D eigenvalue weighted by molar-refractivity contribution is 8.13. The quantitative estimate of drug-likeness (QED) is 0.565. The van der Waals surface area contributed by atoms with Gasteiger partial charge in [-0.05, 0) is 26.7 Å². The van der Waals surface area contributed by atoms with Gasteiger partial charge >= 0.3 is 0 Å². The van der Waals surface area contributed by atoms with E-state index >= 15 is 0 Å². The lowest BCUT2D eigenvalue weighted by atomic mass is 10.7. The largest absolute Gasteiger partial charge is 0.288 e. The minimum atomic E-state index is -1.23. The third-order valence-electron chi connectivity index (χ3n) is 1.11. The molecule has 0 unspecified atom stereocenters. The minimum absolute atomic E-state index is 0.935. The fourth-order valence-corrected chi connectivity index (χ4v) is 2.50. The predicted octanol–water partition coefficient (Wildman–Crippen LogP) is 1.47. The van der Waals surface area contributed by atoms with Crippen molar-refractivity contribution in [2.45, 2.75) is 0 Å². The maximum atomic E-state index is 5.25. The summed E-state index contributed by atoms with van der Waals surface area (Å²) >= 11 is 10.5. The molecule has 0 aliphatic carbocycles. The minimum Gasteiger partial charge on any atom is -0.288 e. The van der Waals surface area contributed by atoms with Gasteiger partial charge in [-0.15, -0.1) is 0 Å². The van der Waals surface area contributed by atoms with Gasteiger partial charge in [-0.3, -0.25) is 10.2 Å². The molecule has 0 aliphatic heterocycles. The van der Waals surface area contributed by atoms with Crippen LogP contribution < -0.4 is 10.2 Å². The van der Waals surface area contributed by atoms with Gasteiger partial charge in [-0.25, -0.2) is 0 Å². The van der Waals surface area contributed by atoms with Gasteiger partial charge in [0.2, 0.25) is 0 Å². The van der Waals surface area contributed by atoms with Crippen molar-refractivity contribution in [3.8, 4) is 0 Å². The van der Waals surface area contributed by atoms with Crippen LogP contribution in [0, 0.1) is 0 Å². The summed E-state index contributed by atoms with van der Waals surface area (Å²) in [7, 11) is 0. The van der Waals surface area contributed by atoms with E-state index in [-0.39, 0.29) is 0 Å². The summed E-state index contributed by atoms with van der Waals surface area (Å²) in [4.78, 5) is 0. The number of hydrogen-bond donors (Lipinski definition) is 2. The van der Waals surface area contributed by atoms with Crippen LogP contribution in [0.2, 0.25) is 0 Å². The molecule has 0 spiro atoms. The molecule has 0 atom stereocenters. The molecule has 0 heterocycles. The van der Waals surface area contributed by atoms with Gasteiger partial charge in [0.25, 0.3) is 0 Å². The summed E-state index contributed by atoms with van der Waals surface area (Å²) < 4.78 is 0. The van der Waals surface area contributed by atoms with Gasteiger partial charge in [0.1, 0.15) is 0 Å². The van der Waals surface area contributed by atoms with E-state index < -0.39 is 12.4 Å². The van der Waals surface area contributed by atoms with Crippen LogP contribution in [0.15, 0.2) is 0 Å². The van der Waals surface area contributed by atoms with Crippen molar-refractivity contribution < 1.29 is 0 Å². The molecule has 0 aromatic carbocycles. The van der Waals surface area contributed by atoms with Crippen LogP contribution in [0.3, 0.4) is 0 Å². The van der Waals surface area contributed by atoms with Crippen LogP contribution in [0.4, 0.5) is 0 Å². The molecule has 0 rings (SSSR count). The second kappa shape index (κ2) is 5.19. The Kier molecular flexibility index (Phi) is 5.72. The fourth-order valence-electron chi connectivity index (χ4n) is 0.650. The Morgan fingerprint density at radius 2 is 1.08 bits per heavy atom. The normalized spacial score (nSPS) is 13.3. The summed E-state index contributed by atoms with van der Waals surface area (Å²) in [6.45, 7) is 10.2. The molecule has 0 bridgehead atoms. The van der Waals surface area contributed by atoms with Crippen molar-refractivity contribution in [3.05, 3.63) is 0 Å². The number of nitrogens with one attached hydrogen (secondary N) is 2. The summed E-state index contributed by atoms with van der Waals surface area (Å²) in [6.07, 6.45) is -2.45. The molecule has 0 saturated carbocycles. The van der Waals surface area contributed by atoms with E-state index in [4.69, 9.17) is 23.6 Å². The molecular formula is C6H18N2P2S2. The van der Waals surface area contributed by atoms with E-state index in [1.807, 2.05) is 0 Å². The van der Waals surface area contributed by atoms with Crippen molar-refractivity contribution in [2.75, 3.05) is 39.7 Å². The lowest BCUT2D eigenvalue weighted by Crippen LogP contribution is -2.22. The van der Waals surface area contributed by atoms with E-state index in [2.05, 4.69) is 36.8 Å². The molecule has 0 saturated heterocycles. The fraction of sp³-hybridized carbons (Fsp3) is 1.00. The Balaban J connectivity index is 3.48. The monoisotopic (exact) mass is 244 g/mol.